The molecule has 0 aromatic heterocycles. The zero-order valence-electron chi connectivity index (χ0n) is 38.4. The summed E-state index contributed by atoms with van der Waals surface area (Å²) in [4.78, 5) is 5.60. The van der Waals surface area contributed by atoms with Crippen molar-refractivity contribution in [3.05, 3.63) is 155 Å². The smallest absolute Gasteiger partial charge is 0.434 e. The van der Waals surface area contributed by atoms with E-state index in [0.29, 0.717) is 0 Å². The van der Waals surface area contributed by atoms with Crippen LogP contribution >= 0.6 is 7.92 Å². The molecule has 0 saturated heterocycles. The Labute approximate surface area is 409 Å². The Hall–Kier alpha value is -4.57. The number of aliphatic imine (C=N–C) groups is 2. The molecule has 3 nitrogen and oxygen atoms in total. The van der Waals surface area contributed by atoms with Gasteiger partial charge in [-0.2, -0.15) is 61.5 Å². The summed E-state index contributed by atoms with van der Waals surface area (Å²) < 4.78 is 201. The van der Waals surface area contributed by atoms with Gasteiger partial charge in [0.05, 0.1) is 13.6 Å². The Morgan fingerprint density at radius 1 is 0.420 bits per heavy atom. The third kappa shape index (κ3) is 13.1. The molecule has 5 aromatic carbocycles. The van der Waals surface area contributed by atoms with Crippen molar-refractivity contribution in [3.63, 3.8) is 0 Å². The van der Waals surface area contributed by atoms with E-state index in [0.717, 1.165) is 0 Å². The molecule has 0 aliphatic carbocycles. The molecule has 378 valence electrons. The predicted octanol–water partition coefficient (Wildman–Crippen LogP) is 16.2. The largest absolute Gasteiger partial charge is 1.00 e. The molecule has 0 radical (unpaired) electrons. The molecule has 0 spiro atoms. The van der Waals surface area contributed by atoms with E-state index in [9.17, 15) is 43.9 Å². The van der Waals surface area contributed by atoms with E-state index in [1.807, 2.05) is 0 Å². The standard InChI is InChI=1S/C32H34F14N3.C18H15P.Ag/c1-15(2)19-11-9-12-20(16(3)4)23(19)47-25(27(33,34)29(37,38)31(41,42)43)49-26(28(35,36)30(39,40)32(44,45)46)48-24-21(17(5)6)13-10-14-22(24)18(7)8;1-4-10-16(11-5-1)19(17-12-6-2-7-13-17)18-14-8-3-9-15-18;/h9-18H,1-8H3;1-15H;/q-1;;+1/p+1. The van der Waals surface area contributed by atoms with Gasteiger partial charge in [0.1, 0.15) is 21.7 Å². The summed E-state index contributed by atoms with van der Waals surface area (Å²) in [6.45, 7) is 11.3. The maximum Gasteiger partial charge on any atom is 1.00 e. The van der Waals surface area contributed by atoms with Crippen LogP contribution in [-0.4, -0.2) is 47.7 Å². The molecule has 69 heavy (non-hydrogen) atoms. The van der Waals surface area contributed by atoms with E-state index >= 15 is 17.6 Å². The summed E-state index contributed by atoms with van der Waals surface area (Å²) in [5.41, 5.74) is -1.96. The molecule has 5 aromatic rings. The quantitative estimate of drug-likeness (QED) is 0.0371. The van der Waals surface area contributed by atoms with Crippen LogP contribution in [0.1, 0.15) is 101 Å². The number of nitrogens with zero attached hydrogens (tertiary/aromatic N) is 3. The van der Waals surface area contributed by atoms with E-state index in [-0.39, 0.29) is 44.6 Å². The van der Waals surface area contributed by atoms with E-state index in [2.05, 4.69) is 106 Å². The first-order chi connectivity index (χ1) is 31.4. The minimum atomic E-state index is -7.15. The van der Waals surface area contributed by atoms with Crippen molar-refractivity contribution < 1.29 is 83.8 Å². The molecule has 0 heterocycles. The number of hydrogen-bond acceptors (Lipinski definition) is 1. The first-order valence-corrected chi connectivity index (χ1v) is 22.7. The summed E-state index contributed by atoms with van der Waals surface area (Å²) in [6, 6.07) is 39.9. The SMILES string of the molecule is CC(C)c1cccc(C(C)C)c1N=C(N=C([N-]c1c(C(C)C)cccc1C(C)C)C(F)(F)C(F)(F)C(F)(F)F)C(F)(F)C(F)(F)C(F)(F)F.[Ag+].c1ccc([PH+](c2ccccc2)c2ccccc2)cc1. The van der Waals surface area contributed by atoms with Gasteiger partial charge in [0.25, 0.3) is 0 Å². The Kier molecular flexibility index (Phi) is 19.7. The molecule has 0 unspecified atom stereocenters. The van der Waals surface area contributed by atoms with Crippen molar-refractivity contribution in [2.45, 2.75) is 115 Å². The van der Waals surface area contributed by atoms with Gasteiger partial charge >= 0.3 is 58.4 Å². The minimum absolute atomic E-state index is 0. The van der Waals surface area contributed by atoms with Gasteiger partial charge in [0.2, 0.25) is 0 Å². The molecular weight excluding hydrogens is 1050 g/mol. The number of halogens is 14. The zero-order valence-corrected chi connectivity index (χ0v) is 40.9. The van der Waals surface area contributed by atoms with Crippen LogP contribution in [0.5, 0.6) is 0 Å². The van der Waals surface area contributed by atoms with Gasteiger partial charge in [0, 0.05) is 0 Å². The van der Waals surface area contributed by atoms with Crippen molar-refractivity contribution >= 4 is 46.9 Å². The van der Waals surface area contributed by atoms with Gasteiger partial charge in [-0.05, 0) is 93.8 Å². The second-order valence-corrected chi connectivity index (χ2v) is 19.4. The van der Waals surface area contributed by atoms with Crippen LogP contribution in [0.25, 0.3) is 5.32 Å². The minimum Gasteiger partial charge on any atom is -0.434 e. The Morgan fingerprint density at radius 2 is 0.725 bits per heavy atom. The molecule has 0 amide bonds. The number of hydrogen-bond donors (Lipinski definition) is 0. The number of benzene rings is 5. The topological polar surface area (TPSA) is 38.8 Å². The number of alkyl halides is 14. The summed E-state index contributed by atoms with van der Waals surface area (Å²) in [5.74, 6) is -37.0. The number of amidine groups is 2. The molecule has 0 aliphatic heterocycles. The first-order valence-electron chi connectivity index (χ1n) is 21.2. The van der Waals surface area contributed by atoms with Crippen molar-refractivity contribution in [2.24, 2.45) is 9.98 Å². The van der Waals surface area contributed by atoms with Crippen LogP contribution in [0, 0.1) is 0 Å². The molecule has 0 atom stereocenters. The summed E-state index contributed by atoms with van der Waals surface area (Å²) in [7, 11) is -0.877. The van der Waals surface area contributed by atoms with Gasteiger partial charge in [-0.3, -0.25) is 4.99 Å². The average Bonchev–Trinajstić information content (AvgIpc) is 3.26. The molecule has 19 heteroatoms. The molecule has 5 rings (SSSR count). The Bertz CT molecular complexity index is 2340. The fourth-order valence-corrected chi connectivity index (χ4v) is 9.45. The van der Waals surface area contributed by atoms with Crippen LogP contribution in [0.3, 0.4) is 0 Å². The first kappa shape index (κ1) is 58.7. The van der Waals surface area contributed by atoms with Crippen LogP contribution < -0.4 is 15.9 Å². The molecular formula is C50H50AgF14N3P+. The maximum atomic E-state index is 15.5. The van der Waals surface area contributed by atoms with Gasteiger partial charge < -0.3 is 10.3 Å². The van der Waals surface area contributed by atoms with E-state index in [1.165, 1.54) is 108 Å². The molecule has 0 saturated carbocycles. The fraction of sp³-hybridized carbons (Fsp3) is 0.360. The number of rotatable bonds is 13. The summed E-state index contributed by atoms with van der Waals surface area (Å²) >= 11 is 0. The van der Waals surface area contributed by atoms with Crippen molar-refractivity contribution in [3.8, 4) is 0 Å². The Balaban J connectivity index is 0.000000518. The van der Waals surface area contributed by atoms with Crippen molar-refractivity contribution in [1.82, 2.24) is 0 Å². The summed E-state index contributed by atoms with van der Waals surface area (Å²) in [6.07, 6.45) is -14.2. The van der Waals surface area contributed by atoms with Gasteiger partial charge in [0.15, 0.2) is 0 Å². The third-order valence-electron chi connectivity index (χ3n) is 10.6. The van der Waals surface area contributed by atoms with Gasteiger partial charge in [-0.15, -0.1) is 0 Å². The van der Waals surface area contributed by atoms with Crippen LogP contribution in [0.2, 0.25) is 0 Å². The van der Waals surface area contributed by atoms with E-state index < -0.39 is 90.7 Å². The van der Waals surface area contributed by atoms with Crippen molar-refractivity contribution in [1.29, 1.82) is 0 Å². The van der Waals surface area contributed by atoms with Gasteiger partial charge in [-0.25, -0.2) is 0 Å². The van der Waals surface area contributed by atoms with Crippen molar-refractivity contribution in [2.75, 3.05) is 0 Å². The monoisotopic (exact) mass is 1100 g/mol. The third-order valence-corrected chi connectivity index (χ3v) is 13.3. The molecule has 0 aliphatic rings. The van der Waals surface area contributed by atoms with Gasteiger partial charge in [-0.1, -0.05) is 146 Å². The Morgan fingerprint density at radius 3 is 1.03 bits per heavy atom. The molecule has 0 bridgehead atoms. The zero-order chi connectivity index (χ0) is 51.2. The summed E-state index contributed by atoms with van der Waals surface area (Å²) in [5, 5.41) is 7.49. The number of para-hydroxylation sites is 2. The molecule has 0 N–H and O–H groups in total. The van der Waals surface area contributed by atoms with E-state index in [4.69, 9.17) is 0 Å². The van der Waals surface area contributed by atoms with Crippen LogP contribution in [0.15, 0.2) is 137 Å². The second-order valence-electron chi connectivity index (χ2n) is 16.9. The van der Waals surface area contributed by atoms with Crippen LogP contribution in [0.4, 0.5) is 72.8 Å². The normalized spacial score (nSPS) is 13.5. The average molecular weight is 1100 g/mol. The van der Waals surface area contributed by atoms with E-state index in [1.54, 1.807) is 0 Å². The predicted molar refractivity (Wildman–Crippen MR) is 245 cm³/mol. The molecule has 0 fully saturated rings. The maximum absolute atomic E-state index is 15.5. The fourth-order valence-electron chi connectivity index (χ4n) is 6.88. The second kappa shape index (κ2) is 23.1. The van der Waals surface area contributed by atoms with Crippen LogP contribution in [-0.2, 0) is 22.4 Å².